The quantitative estimate of drug-likeness (QED) is 0.309. The average Bonchev–Trinajstić information content (AvgIpc) is 2.61. The first-order valence-corrected chi connectivity index (χ1v) is 8.88. The van der Waals surface area contributed by atoms with E-state index in [-0.39, 0.29) is 5.57 Å². The van der Waals surface area contributed by atoms with Gasteiger partial charge in [-0.05, 0) is 49.4 Å². The maximum Gasteiger partial charge on any atom is 0.346 e. The Morgan fingerprint density at radius 1 is 1.12 bits per heavy atom. The summed E-state index contributed by atoms with van der Waals surface area (Å²) in [5.41, 5.74) is 2.66. The zero-order chi connectivity index (χ0) is 18.7. The molecule has 0 fully saturated rings. The van der Waals surface area contributed by atoms with Crippen molar-refractivity contribution in [2.24, 2.45) is 0 Å². The number of carboxylic acids is 1. The normalized spacial score (nSPS) is 13.4. The standard InChI is InChI=1S/C21H21NO2S/c1-16(8-9-18-10-12-20(25-3)13-11-18)6-4-5-7-17(2)14-19(15-22)21(23)24/h4-14H,1-3H3,(H,23,24)/b5-4+,9-8+,16-6+,17-7+,19-14+. The molecule has 3 nitrogen and oxygen atoms in total. The third kappa shape index (κ3) is 8.05. The minimum absolute atomic E-state index is 0.274. The highest BCUT2D eigenvalue weighted by Gasteiger charge is 2.04. The van der Waals surface area contributed by atoms with Crippen LogP contribution in [0.3, 0.4) is 0 Å². The van der Waals surface area contributed by atoms with Crippen LogP contribution in [0.1, 0.15) is 19.4 Å². The second-order valence-electron chi connectivity index (χ2n) is 5.29. The molecule has 1 aromatic rings. The van der Waals surface area contributed by atoms with Gasteiger partial charge < -0.3 is 5.11 Å². The van der Waals surface area contributed by atoms with Gasteiger partial charge in [-0.25, -0.2) is 4.79 Å². The molecular weight excluding hydrogens is 330 g/mol. The van der Waals surface area contributed by atoms with Gasteiger partial charge in [0.2, 0.25) is 0 Å². The van der Waals surface area contributed by atoms with Crippen molar-refractivity contribution in [2.45, 2.75) is 18.7 Å². The highest BCUT2D eigenvalue weighted by molar-refractivity contribution is 7.98. The van der Waals surface area contributed by atoms with Crippen molar-refractivity contribution in [3.05, 3.63) is 83.0 Å². The van der Waals surface area contributed by atoms with Crippen LogP contribution in [0.5, 0.6) is 0 Å². The fourth-order valence-corrected chi connectivity index (χ4v) is 2.24. The van der Waals surface area contributed by atoms with Gasteiger partial charge in [0.05, 0.1) is 0 Å². The first kappa shape index (κ1) is 20.3. The second kappa shape index (κ2) is 10.9. The SMILES string of the molecule is CSc1ccc(/C=C/C(C)=C/C=C/C=C(C)/C=C(\C#N)C(=O)O)cc1. The van der Waals surface area contributed by atoms with Crippen LogP contribution in [-0.4, -0.2) is 17.3 Å². The lowest BCUT2D eigenvalue weighted by Crippen LogP contribution is -1.97. The van der Waals surface area contributed by atoms with E-state index in [0.29, 0.717) is 5.57 Å². The van der Waals surface area contributed by atoms with Crippen LogP contribution in [0.4, 0.5) is 0 Å². The topological polar surface area (TPSA) is 61.1 Å². The molecule has 0 aliphatic heterocycles. The number of nitriles is 1. The average molecular weight is 351 g/mol. The minimum Gasteiger partial charge on any atom is -0.477 e. The molecule has 0 heterocycles. The molecule has 25 heavy (non-hydrogen) atoms. The fourth-order valence-electron chi connectivity index (χ4n) is 1.83. The highest BCUT2D eigenvalue weighted by Crippen LogP contribution is 2.16. The van der Waals surface area contributed by atoms with Crippen LogP contribution in [-0.2, 0) is 4.79 Å². The minimum atomic E-state index is -1.22. The van der Waals surface area contributed by atoms with Crippen molar-refractivity contribution >= 4 is 23.8 Å². The van der Waals surface area contributed by atoms with Gasteiger partial charge >= 0.3 is 5.97 Å². The number of aliphatic carboxylic acids is 1. The maximum absolute atomic E-state index is 10.8. The lowest BCUT2D eigenvalue weighted by molar-refractivity contribution is -0.132. The number of hydrogen-bond acceptors (Lipinski definition) is 3. The van der Waals surface area contributed by atoms with E-state index < -0.39 is 5.97 Å². The van der Waals surface area contributed by atoms with Crippen LogP contribution >= 0.6 is 11.8 Å². The Hall–Kier alpha value is -2.77. The molecule has 0 bridgehead atoms. The molecule has 0 spiro atoms. The van der Waals surface area contributed by atoms with Gasteiger partial charge in [0.15, 0.2) is 0 Å². The number of carboxylic acid groups (broad SMARTS) is 1. The lowest BCUT2D eigenvalue weighted by Gasteiger charge is -1.97. The molecule has 1 aromatic carbocycles. The molecule has 0 aliphatic rings. The lowest BCUT2D eigenvalue weighted by atomic mass is 10.1. The Morgan fingerprint density at radius 2 is 1.72 bits per heavy atom. The number of hydrogen-bond donors (Lipinski definition) is 1. The summed E-state index contributed by atoms with van der Waals surface area (Å²) in [6, 6.07) is 10.0. The summed E-state index contributed by atoms with van der Waals surface area (Å²) in [6.45, 7) is 3.76. The summed E-state index contributed by atoms with van der Waals surface area (Å²) < 4.78 is 0. The number of rotatable bonds is 7. The Bertz CT molecular complexity index is 788. The van der Waals surface area contributed by atoms with Crippen molar-refractivity contribution in [1.29, 1.82) is 5.26 Å². The molecule has 0 atom stereocenters. The number of nitrogens with zero attached hydrogens (tertiary/aromatic N) is 1. The Kier molecular flexibility index (Phi) is 8.84. The highest BCUT2D eigenvalue weighted by atomic mass is 32.2. The zero-order valence-electron chi connectivity index (χ0n) is 14.6. The van der Waals surface area contributed by atoms with E-state index in [2.05, 4.69) is 36.6 Å². The molecular formula is C21H21NO2S. The van der Waals surface area contributed by atoms with Crippen LogP contribution in [0, 0.1) is 11.3 Å². The summed E-state index contributed by atoms with van der Waals surface area (Å²) in [6.07, 6.45) is 14.9. The summed E-state index contributed by atoms with van der Waals surface area (Å²) in [4.78, 5) is 12.0. The van der Waals surface area contributed by atoms with Crippen molar-refractivity contribution in [3.63, 3.8) is 0 Å². The molecule has 1 rings (SSSR count). The number of carbonyl (C=O) groups is 1. The van der Waals surface area contributed by atoms with Crippen molar-refractivity contribution < 1.29 is 9.90 Å². The molecule has 0 aromatic heterocycles. The molecule has 0 saturated carbocycles. The van der Waals surface area contributed by atoms with Gasteiger partial charge in [-0.1, -0.05) is 54.2 Å². The summed E-state index contributed by atoms with van der Waals surface area (Å²) in [7, 11) is 0. The van der Waals surface area contributed by atoms with E-state index in [1.807, 2.05) is 31.2 Å². The molecule has 1 N–H and O–H groups in total. The van der Waals surface area contributed by atoms with Crippen LogP contribution in [0.25, 0.3) is 6.08 Å². The largest absolute Gasteiger partial charge is 0.477 e. The summed E-state index contributed by atoms with van der Waals surface area (Å²) in [5, 5.41) is 17.5. The van der Waals surface area contributed by atoms with Gasteiger partial charge in [-0.3, -0.25) is 0 Å². The Balaban J connectivity index is 2.68. The summed E-state index contributed by atoms with van der Waals surface area (Å²) >= 11 is 1.72. The van der Waals surface area contributed by atoms with Gasteiger partial charge in [0, 0.05) is 4.90 Å². The van der Waals surface area contributed by atoms with Gasteiger partial charge in [0.1, 0.15) is 11.6 Å². The van der Waals surface area contributed by atoms with Crippen molar-refractivity contribution in [3.8, 4) is 6.07 Å². The van der Waals surface area contributed by atoms with Gasteiger partial charge in [0.25, 0.3) is 0 Å². The van der Waals surface area contributed by atoms with E-state index in [1.165, 1.54) is 11.0 Å². The number of thioether (sulfide) groups is 1. The van der Waals surface area contributed by atoms with E-state index >= 15 is 0 Å². The van der Waals surface area contributed by atoms with E-state index in [1.54, 1.807) is 30.8 Å². The molecule has 4 heteroatoms. The maximum atomic E-state index is 10.8. The van der Waals surface area contributed by atoms with E-state index in [9.17, 15) is 4.79 Å². The first-order chi connectivity index (χ1) is 12.0. The molecule has 0 radical (unpaired) electrons. The molecule has 128 valence electrons. The molecule has 0 unspecified atom stereocenters. The Morgan fingerprint density at radius 3 is 2.24 bits per heavy atom. The van der Waals surface area contributed by atoms with Crippen LogP contribution in [0.15, 0.2) is 82.3 Å². The van der Waals surface area contributed by atoms with Gasteiger partial charge in [-0.2, -0.15) is 5.26 Å². The van der Waals surface area contributed by atoms with Crippen LogP contribution < -0.4 is 0 Å². The van der Waals surface area contributed by atoms with E-state index in [0.717, 1.165) is 11.1 Å². The van der Waals surface area contributed by atoms with E-state index in [4.69, 9.17) is 10.4 Å². The van der Waals surface area contributed by atoms with Crippen molar-refractivity contribution in [1.82, 2.24) is 0 Å². The van der Waals surface area contributed by atoms with Crippen molar-refractivity contribution in [2.75, 3.05) is 6.26 Å². The second-order valence-corrected chi connectivity index (χ2v) is 6.17. The zero-order valence-corrected chi connectivity index (χ0v) is 15.4. The predicted molar refractivity (Wildman–Crippen MR) is 105 cm³/mol. The number of allylic oxidation sites excluding steroid dienone is 8. The monoisotopic (exact) mass is 351 g/mol. The molecule has 0 amide bonds. The Labute approximate surface area is 153 Å². The smallest absolute Gasteiger partial charge is 0.346 e. The molecule has 0 aliphatic carbocycles. The third-order valence-electron chi connectivity index (χ3n) is 3.21. The summed E-state index contributed by atoms with van der Waals surface area (Å²) in [5.74, 6) is -1.22. The first-order valence-electron chi connectivity index (χ1n) is 7.65. The number of benzene rings is 1. The van der Waals surface area contributed by atoms with Crippen LogP contribution in [0.2, 0.25) is 0 Å². The van der Waals surface area contributed by atoms with Gasteiger partial charge in [-0.15, -0.1) is 11.8 Å². The predicted octanol–water partition coefficient (Wildman–Crippen LogP) is 5.41. The third-order valence-corrected chi connectivity index (χ3v) is 3.95. The fraction of sp³-hybridized carbons (Fsp3) is 0.143. The molecule has 0 saturated heterocycles.